The second-order valence-electron chi connectivity index (χ2n) is 3.27. The van der Waals surface area contributed by atoms with Gasteiger partial charge in [-0.05, 0) is 26.0 Å². The molecule has 1 aromatic rings. The van der Waals surface area contributed by atoms with Gasteiger partial charge in [-0.3, -0.25) is 4.79 Å². The zero-order valence-corrected chi connectivity index (χ0v) is 9.30. The minimum atomic E-state index is -0.594. The molecule has 0 bridgehead atoms. The van der Waals surface area contributed by atoms with Crippen molar-refractivity contribution < 1.29 is 9.53 Å². The molecule has 1 heterocycles. The molecule has 0 unspecified atom stereocenters. The van der Waals surface area contributed by atoms with Gasteiger partial charge in [0.15, 0.2) is 0 Å². The monoisotopic (exact) mass is 211 g/mol. The first-order chi connectivity index (χ1) is 6.56. The van der Waals surface area contributed by atoms with E-state index >= 15 is 0 Å². The van der Waals surface area contributed by atoms with Gasteiger partial charge in [-0.1, -0.05) is 17.8 Å². The van der Waals surface area contributed by atoms with Crippen molar-refractivity contribution in [3.05, 3.63) is 24.4 Å². The summed E-state index contributed by atoms with van der Waals surface area (Å²) in [6.07, 6.45) is 1.70. The molecule has 76 valence electrons. The van der Waals surface area contributed by atoms with E-state index in [1.54, 1.807) is 6.20 Å². The summed E-state index contributed by atoms with van der Waals surface area (Å²) in [7, 11) is 1.39. The molecule has 0 aliphatic carbocycles. The predicted molar refractivity (Wildman–Crippen MR) is 56.2 cm³/mol. The molecule has 14 heavy (non-hydrogen) atoms. The lowest BCUT2D eigenvalue weighted by atomic mass is 10.2. The van der Waals surface area contributed by atoms with Crippen LogP contribution in [0.4, 0.5) is 0 Å². The molecule has 1 aromatic heterocycles. The number of pyridine rings is 1. The fraction of sp³-hybridized carbons (Fsp3) is 0.400. The minimum Gasteiger partial charge on any atom is -0.468 e. The molecule has 0 saturated carbocycles. The highest BCUT2D eigenvalue weighted by Crippen LogP contribution is 2.31. The van der Waals surface area contributed by atoms with Gasteiger partial charge in [-0.2, -0.15) is 0 Å². The van der Waals surface area contributed by atoms with E-state index < -0.39 is 4.75 Å². The van der Waals surface area contributed by atoms with Crippen LogP contribution in [0.3, 0.4) is 0 Å². The molecule has 0 saturated heterocycles. The Labute approximate surface area is 87.9 Å². The number of esters is 1. The maximum atomic E-state index is 11.4. The van der Waals surface area contributed by atoms with E-state index in [1.807, 2.05) is 32.0 Å². The van der Waals surface area contributed by atoms with Crippen molar-refractivity contribution in [1.82, 2.24) is 4.98 Å². The van der Waals surface area contributed by atoms with Crippen LogP contribution in [0.5, 0.6) is 0 Å². The fourth-order valence-electron chi connectivity index (χ4n) is 0.956. The van der Waals surface area contributed by atoms with Crippen LogP contribution in [0.25, 0.3) is 0 Å². The van der Waals surface area contributed by atoms with Crippen molar-refractivity contribution in [2.24, 2.45) is 0 Å². The molecule has 3 nitrogen and oxygen atoms in total. The van der Waals surface area contributed by atoms with Crippen LogP contribution >= 0.6 is 11.8 Å². The van der Waals surface area contributed by atoms with Gasteiger partial charge < -0.3 is 4.74 Å². The molecule has 0 aliphatic rings. The zero-order valence-electron chi connectivity index (χ0n) is 8.48. The van der Waals surface area contributed by atoms with E-state index in [4.69, 9.17) is 4.74 Å². The van der Waals surface area contributed by atoms with Crippen LogP contribution in [-0.4, -0.2) is 22.8 Å². The molecule has 0 fully saturated rings. The second-order valence-corrected chi connectivity index (χ2v) is 4.91. The standard InChI is InChI=1S/C10H13NO2S/c1-10(2,9(12)13-3)14-8-6-4-5-7-11-8/h4-7H,1-3H3. The van der Waals surface area contributed by atoms with E-state index in [0.29, 0.717) is 0 Å². The Morgan fingerprint density at radius 1 is 1.50 bits per heavy atom. The van der Waals surface area contributed by atoms with Crippen molar-refractivity contribution in [2.45, 2.75) is 23.6 Å². The quantitative estimate of drug-likeness (QED) is 0.567. The summed E-state index contributed by atoms with van der Waals surface area (Å²) < 4.78 is 4.11. The van der Waals surface area contributed by atoms with Crippen LogP contribution in [0.15, 0.2) is 29.4 Å². The van der Waals surface area contributed by atoms with Crippen molar-refractivity contribution in [3.8, 4) is 0 Å². The Balaban J connectivity index is 2.73. The predicted octanol–water partition coefficient (Wildman–Crippen LogP) is 2.13. The summed E-state index contributed by atoms with van der Waals surface area (Å²) in [5, 5.41) is 0.822. The average molecular weight is 211 g/mol. The summed E-state index contributed by atoms with van der Waals surface area (Å²) in [5.41, 5.74) is 0. The van der Waals surface area contributed by atoms with E-state index in [1.165, 1.54) is 18.9 Å². The SMILES string of the molecule is COC(=O)C(C)(C)Sc1ccccn1. The maximum Gasteiger partial charge on any atom is 0.321 e. The summed E-state index contributed by atoms with van der Waals surface area (Å²) in [6, 6.07) is 5.60. The average Bonchev–Trinajstić information content (AvgIpc) is 2.17. The number of ether oxygens (including phenoxy) is 1. The molecule has 0 spiro atoms. The normalized spacial score (nSPS) is 11.1. The maximum absolute atomic E-state index is 11.4. The van der Waals surface area contributed by atoms with Gasteiger partial charge in [-0.25, -0.2) is 4.98 Å². The molecule has 0 atom stereocenters. The van der Waals surface area contributed by atoms with Gasteiger partial charge in [0.05, 0.1) is 12.1 Å². The zero-order chi connectivity index (χ0) is 10.6. The van der Waals surface area contributed by atoms with E-state index in [9.17, 15) is 4.79 Å². The highest BCUT2D eigenvalue weighted by Gasteiger charge is 2.30. The molecule has 0 N–H and O–H groups in total. The van der Waals surface area contributed by atoms with Crippen LogP contribution in [0, 0.1) is 0 Å². The summed E-state index contributed by atoms with van der Waals surface area (Å²) >= 11 is 1.39. The smallest absolute Gasteiger partial charge is 0.321 e. The van der Waals surface area contributed by atoms with Gasteiger partial charge >= 0.3 is 5.97 Å². The van der Waals surface area contributed by atoms with Gasteiger partial charge in [0, 0.05) is 6.20 Å². The molecule has 0 aliphatic heterocycles. The molecule has 0 aromatic carbocycles. The first-order valence-corrected chi connectivity index (χ1v) is 5.06. The number of methoxy groups -OCH3 is 1. The Morgan fingerprint density at radius 2 is 2.21 bits per heavy atom. The highest BCUT2D eigenvalue weighted by atomic mass is 32.2. The molecule has 1 rings (SSSR count). The van der Waals surface area contributed by atoms with Gasteiger partial charge in [0.1, 0.15) is 4.75 Å². The number of carbonyl (C=O) groups excluding carboxylic acids is 1. The Kier molecular flexibility index (Phi) is 3.52. The number of rotatable bonds is 3. The number of hydrogen-bond donors (Lipinski definition) is 0. The van der Waals surface area contributed by atoms with Crippen LogP contribution in [0.1, 0.15) is 13.8 Å². The number of carbonyl (C=O) groups is 1. The van der Waals surface area contributed by atoms with E-state index in [-0.39, 0.29) is 5.97 Å². The first-order valence-electron chi connectivity index (χ1n) is 4.25. The number of thioether (sulfide) groups is 1. The van der Waals surface area contributed by atoms with E-state index in [2.05, 4.69) is 4.98 Å². The highest BCUT2D eigenvalue weighted by molar-refractivity contribution is 8.01. The summed E-state index contributed by atoms with van der Waals surface area (Å²) in [6.45, 7) is 3.64. The van der Waals surface area contributed by atoms with Crippen LogP contribution in [0.2, 0.25) is 0 Å². The molecular weight excluding hydrogens is 198 g/mol. The molecular formula is C10H13NO2S. The summed E-state index contributed by atoms with van der Waals surface area (Å²) in [4.78, 5) is 15.5. The molecule has 0 radical (unpaired) electrons. The topological polar surface area (TPSA) is 39.2 Å². The third kappa shape index (κ3) is 2.73. The first kappa shape index (κ1) is 11.0. The van der Waals surface area contributed by atoms with Gasteiger partial charge in [-0.15, -0.1) is 0 Å². The Bertz CT molecular complexity index is 311. The number of hydrogen-bond acceptors (Lipinski definition) is 4. The van der Waals surface area contributed by atoms with Crippen LogP contribution in [-0.2, 0) is 9.53 Å². The second kappa shape index (κ2) is 4.46. The van der Waals surface area contributed by atoms with E-state index in [0.717, 1.165) is 5.03 Å². The van der Waals surface area contributed by atoms with Crippen LogP contribution < -0.4 is 0 Å². The van der Waals surface area contributed by atoms with Crippen molar-refractivity contribution >= 4 is 17.7 Å². The largest absolute Gasteiger partial charge is 0.468 e. The lowest BCUT2D eigenvalue weighted by Crippen LogP contribution is -2.28. The molecule has 4 heteroatoms. The van der Waals surface area contributed by atoms with Gasteiger partial charge in [0.2, 0.25) is 0 Å². The Hall–Kier alpha value is -1.03. The third-order valence-corrected chi connectivity index (χ3v) is 2.80. The van der Waals surface area contributed by atoms with Crippen molar-refractivity contribution in [2.75, 3.05) is 7.11 Å². The molecule has 0 amide bonds. The Morgan fingerprint density at radius 3 is 2.71 bits per heavy atom. The van der Waals surface area contributed by atoms with Crippen molar-refractivity contribution in [3.63, 3.8) is 0 Å². The fourth-order valence-corrected chi connectivity index (χ4v) is 1.91. The number of nitrogens with zero attached hydrogens (tertiary/aromatic N) is 1. The lowest BCUT2D eigenvalue weighted by Gasteiger charge is -2.19. The lowest BCUT2D eigenvalue weighted by molar-refractivity contribution is -0.142. The third-order valence-electron chi connectivity index (χ3n) is 1.67. The van der Waals surface area contributed by atoms with Gasteiger partial charge in [0.25, 0.3) is 0 Å². The minimum absolute atomic E-state index is 0.242. The summed E-state index contributed by atoms with van der Waals surface area (Å²) in [5.74, 6) is -0.242. The van der Waals surface area contributed by atoms with Crippen molar-refractivity contribution in [1.29, 1.82) is 0 Å². The number of aromatic nitrogens is 1.